The number of hydrogen-bond acceptors (Lipinski definition) is 6. The molecule has 0 unspecified atom stereocenters. The van der Waals surface area contributed by atoms with Crippen molar-refractivity contribution < 1.29 is 23.6 Å². The second-order valence-electron chi connectivity index (χ2n) is 7.07. The summed E-state index contributed by atoms with van der Waals surface area (Å²) in [5, 5.41) is 4.45. The number of nitrogens with zero attached hydrogens (tertiary/aromatic N) is 3. The second-order valence-corrected chi connectivity index (χ2v) is 8.02. The van der Waals surface area contributed by atoms with Gasteiger partial charge in [-0.25, -0.2) is 4.79 Å². The maximum atomic E-state index is 12.8. The monoisotopic (exact) mass is 416 g/mol. The Morgan fingerprint density at radius 1 is 1.14 bits per heavy atom. The number of piperazine rings is 1. The number of thiophene rings is 1. The molecule has 9 nitrogen and oxygen atoms in total. The number of rotatable bonds is 4. The van der Waals surface area contributed by atoms with E-state index >= 15 is 0 Å². The molecule has 2 aliphatic rings. The predicted octanol–water partition coefficient (Wildman–Crippen LogP) is 1.09. The molecule has 2 aromatic rings. The summed E-state index contributed by atoms with van der Waals surface area (Å²) in [5.74, 6) is -0.598. The minimum Gasteiger partial charge on any atom is -0.466 e. The highest BCUT2D eigenvalue weighted by atomic mass is 32.1. The summed E-state index contributed by atoms with van der Waals surface area (Å²) in [5.41, 5.74) is -1.33. The lowest BCUT2D eigenvalue weighted by Crippen LogP contribution is -2.53. The van der Waals surface area contributed by atoms with Gasteiger partial charge in [-0.15, -0.1) is 11.3 Å². The molecule has 29 heavy (non-hydrogen) atoms. The van der Waals surface area contributed by atoms with Gasteiger partial charge in [0.05, 0.1) is 11.1 Å². The van der Waals surface area contributed by atoms with Crippen molar-refractivity contribution in [2.45, 2.75) is 12.5 Å². The SMILES string of the molecule is C[C@]1(c2ccco2)NC(=O)N(CC(=O)N2CCN(C(=O)c3cccs3)CC2)C1=O. The summed E-state index contributed by atoms with van der Waals surface area (Å²) in [6, 6.07) is 6.21. The van der Waals surface area contributed by atoms with Crippen LogP contribution in [0.5, 0.6) is 0 Å². The Labute approximate surface area is 170 Å². The van der Waals surface area contributed by atoms with Gasteiger partial charge in [0.15, 0.2) is 5.54 Å². The molecule has 4 heterocycles. The number of hydrogen-bond donors (Lipinski definition) is 1. The van der Waals surface area contributed by atoms with Crippen molar-refractivity contribution in [2.75, 3.05) is 32.7 Å². The minimum atomic E-state index is -1.33. The average Bonchev–Trinajstić information content (AvgIpc) is 3.47. The summed E-state index contributed by atoms with van der Waals surface area (Å²) >= 11 is 1.38. The highest BCUT2D eigenvalue weighted by Gasteiger charge is 2.51. The minimum absolute atomic E-state index is 0.0459. The Hall–Kier alpha value is -3.14. The Balaban J connectivity index is 1.36. The van der Waals surface area contributed by atoms with Gasteiger partial charge in [-0.3, -0.25) is 19.3 Å². The van der Waals surface area contributed by atoms with Crippen LogP contribution in [0.2, 0.25) is 0 Å². The Morgan fingerprint density at radius 3 is 2.48 bits per heavy atom. The van der Waals surface area contributed by atoms with Crippen LogP contribution in [-0.4, -0.2) is 71.2 Å². The van der Waals surface area contributed by atoms with Crippen molar-refractivity contribution in [3.8, 4) is 0 Å². The Bertz CT molecular complexity index is 934. The van der Waals surface area contributed by atoms with Crippen LogP contribution >= 0.6 is 11.3 Å². The van der Waals surface area contributed by atoms with Crippen molar-refractivity contribution in [3.05, 3.63) is 46.5 Å². The molecule has 1 atom stereocenters. The van der Waals surface area contributed by atoms with Gasteiger partial charge < -0.3 is 19.5 Å². The lowest BCUT2D eigenvalue weighted by Gasteiger charge is -2.35. The number of urea groups is 1. The van der Waals surface area contributed by atoms with Crippen LogP contribution in [0.1, 0.15) is 22.4 Å². The van der Waals surface area contributed by atoms with Crippen LogP contribution in [0, 0.1) is 0 Å². The molecule has 5 amide bonds. The van der Waals surface area contributed by atoms with Crippen LogP contribution < -0.4 is 5.32 Å². The number of amides is 5. The fourth-order valence-electron chi connectivity index (χ4n) is 3.52. The maximum absolute atomic E-state index is 12.8. The second kappa shape index (κ2) is 7.36. The number of carbonyl (C=O) groups excluding carboxylic acids is 4. The number of imide groups is 1. The molecule has 4 rings (SSSR count). The normalized spacial score (nSPS) is 22.2. The van der Waals surface area contributed by atoms with Gasteiger partial charge in [-0.05, 0) is 30.5 Å². The third-order valence-corrected chi connectivity index (χ3v) is 6.09. The first kappa shape index (κ1) is 19.2. The van der Waals surface area contributed by atoms with Crippen molar-refractivity contribution in [3.63, 3.8) is 0 Å². The van der Waals surface area contributed by atoms with E-state index in [4.69, 9.17) is 4.42 Å². The first-order valence-electron chi connectivity index (χ1n) is 9.19. The maximum Gasteiger partial charge on any atom is 0.325 e. The molecular formula is C19H20N4O5S. The molecule has 0 aliphatic carbocycles. The van der Waals surface area contributed by atoms with Crippen molar-refractivity contribution in [2.24, 2.45) is 0 Å². The van der Waals surface area contributed by atoms with E-state index in [2.05, 4.69) is 5.32 Å². The summed E-state index contributed by atoms with van der Waals surface area (Å²) in [6.07, 6.45) is 1.42. The lowest BCUT2D eigenvalue weighted by molar-refractivity contribution is -0.140. The van der Waals surface area contributed by atoms with Gasteiger partial charge >= 0.3 is 6.03 Å². The van der Waals surface area contributed by atoms with Gasteiger partial charge in [0, 0.05) is 26.2 Å². The molecule has 2 saturated heterocycles. The van der Waals surface area contributed by atoms with Crippen LogP contribution in [0.4, 0.5) is 4.79 Å². The standard InChI is InChI=1S/C19H20N4O5S/c1-19(14-5-2-10-28-14)17(26)23(18(27)20-19)12-15(24)21-6-8-22(9-7-21)16(25)13-4-3-11-29-13/h2-5,10-11H,6-9,12H2,1H3,(H,20,27)/t19-/m1/s1. The highest BCUT2D eigenvalue weighted by molar-refractivity contribution is 7.12. The molecule has 152 valence electrons. The Morgan fingerprint density at radius 2 is 1.86 bits per heavy atom. The van der Waals surface area contributed by atoms with E-state index < -0.39 is 17.5 Å². The molecule has 2 aliphatic heterocycles. The molecule has 0 spiro atoms. The molecular weight excluding hydrogens is 396 g/mol. The third kappa shape index (κ3) is 3.39. The predicted molar refractivity (Wildman–Crippen MR) is 103 cm³/mol. The molecule has 10 heteroatoms. The first-order valence-corrected chi connectivity index (χ1v) is 10.1. The first-order chi connectivity index (χ1) is 13.9. The molecule has 0 saturated carbocycles. The van der Waals surface area contributed by atoms with E-state index in [1.54, 1.807) is 34.9 Å². The highest BCUT2D eigenvalue weighted by Crippen LogP contribution is 2.29. The molecule has 0 radical (unpaired) electrons. The van der Waals surface area contributed by atoms with Gasteiger partial charge in [-0.2, -0.15) is 0 Å². The topological polar surface area (TPSA) is 103 Å². The summed E-state index contributed by atoms with van der Waals surface area (Å²) < 4.78 is 5.28. The summed E-state index contributed by atoms with van der Waals surface area (Å²) in [7, 11) is 0. The Kier molecular flexibility index (Phi) is 4.87. The smallest absolute Gasteiger partial charge is 0.325 e. The fraction of sp³-hybridized carbons (Fsp3) is 0.368. The molecule has 2 aromatic heterocycles. The van der Waals surface area contributed by atoms with Crippen LogP contribution in [0.25, 0.3) is 0 Å². The van der Waals surface area contributed by atoms with E-state index in [0.717, 1.165) is 4.90 Å². The fourth-order valence-corrected chi connectivity index (χ4v) is 4.21. The summed E-state index contributed by atoms with van der Waals surface area (Å²) in [6.45, 7) is 2.73. The largest absolute Gasteiger partial charge is 0.466 e. The lowest BCUT2D eigenvalue weighted by atomic mass is 9.99. The van der Waals surface area contributed by atoms with Crippen LogP contribution in [0.15, 0.2) is 40.3 Å². The zero-order valence-corrected chi connectivity index (χ0v) is 16.6. The van der Waals surface area contributed by atoms with E-state index in [0.29, 0.717) is 36.8 Å². The average molecular weight is 416 g/mol. The van der Waals surface area contributed by atoms with E-state index in [9.17, 15) is 19.2 Å². The molecule has 0 aromatic carbocycles. The van der Waals surface area contributed by atoms with Crippen LogP contribution in [0.3, 0.4) is 0 Å². The van der Waals surface area contributed by atoms with Crippen molar-refractivity contribution >= 4 is 35.1 Å². The quantitative estimate of drug-likeness (QED) is 0.752. The van der Waals surface area contributed by atoms with Crippen molar-refractivity contribution in [1.29, 1.82) is 0 Å². The van der Waals surface area contributed by atoms with Gasteiger partial charge in [0.25, 0.3) is 11.8 Å². The van der Waals surface area contributed by atoms with E-state index in [1.807, 2.05) is 11.4 Å². The number of carbonyl (C=O) groups is 4. The number of furan rings is 1. The molecule has 2 fully saturated rings. The van der Waals surface area contributed by atoms with Gasteiger partial charge in [0.1, 0.15) is 12.3 Å². The van der Waals surface area contributed by atoms with Gasteiger partial charge in [0.2, 0.25) is 5.91 Å². The van der Waals surface area contributed by atoms with E-state index in [-0.39, 0.29) is 18.4 Å². The van der Waals surface area contributed by atoms with Crippen molar-refractivity contribution in [1.82, 2.24) is 20.0 Å². The molecule has 1 N–H and O–H groups in total. The third-order valence-electron chi connectivity index (χ3n) is 5.23. The number of nitrogens with one attached hydrogen (secondary N) is 1. The van der Waals surface area contributed by atoms with E-state index in [1.165, 1.54) is 17.6 Å². The van der Waals surface area contributed by atoms with Crippen LogP contribution in [-0.2, 0) is 15.1 Å². The van der Waals surface area contributed by atoms with Gasteiger partial charge in [-0.1, -0.05) is 6.07 Å². The molecule has 0 bridgehead atoms. The zero-order valence-electron chi connectivity index (χ0n) is 15.8. The summed E-state index contributed by atoms with van der Waals surface area (Å²) in [4.78, 5) is 55.0. The zero-order chi connectivity index (χ0) is 20.6.